The van der Waals surface area contributed by atoms with Crippen molar-refractivity contribution in [3.8, 4) is 0 Å². The topological polar surface area (TPSA) is 63.4 Å². The van der Waals surface area contributed by atoms with E-state index in [0.717, 1.165) is 9.87 Å². The summed E-state index contributed by atoms with van der Waals surface area (Å²) < 4.78 is 63.7. The van der Waals surface area contributed by atoms with Gasteiger partial charge < -0.3 is 5.73 Å². The lowest BCUT2D eigenvalue weighted by molar-refractivity contribution is -0.182. The lowest BCUT2D eigenvalue weighted by Crippen LogP contribution is -2.42. The zero-order valence-electron chi connectivity index (χ0n) is 11.5. The van der Waals surface area contributed by atoms with Crippen LogP contribution in [0.3, 0.4) is 0 Å². The van der Waals surface area contributed by atoms with Crippen LogP contribution in [0.2, 0.25) is 0 Å². The molecule has 4 nitrogen and oxygen atoms in total. The first-order chi connectivity index (χ1) is 9.62. The van der Waals surface area contributed by atoms with Crippen LogP contribution in [0.15, 0.2) is 23.1 Å². The van der Waals surface area contributed by atoms with Gasteiger partial charge in [-0.15, -0.1) is 0 Å². The van der Waals surface area contributed by atoms with Gasteiger partial charge >= 0.3 is 6.18 Å². The highest BCUT2D eigenvalue weighted by molar-refractivity contribution is 7.89. The van der Waals surface area contributed by atoms with E-state index in [2.05, 4.69) is 0 Å². The SMILES string of the molecule is Cc1ccc(S(=O)(=O)N2CCC(C(F)(F)F)CC2)cc1N. The maximum Gasteiger partial charge on any atom is 0.391 e. The van der Waals surface area contributed by atoms with Gasteiger partial charge in [0.25, 0.3) is 0 Å². The Morgan fingerprint density at radius 2 is 1.81 bits per heavy atom. The third kappa shape index (κ3) is 3.32. The first-order valence-corrected chi connectivity index (χ1v) is 7.99. The van der Waals surface area contributed by atoms with Crippen molar-refractivity contribution in [2.24, 2.45) is 5.92 Å². The normalized spacial score (nSPS) is 18.9. The molecular formula is C13H17F3N2O2S. The Balaban J connectivity index is 2.17. The molecule has 2 rings (SSSR count). The highest BCUT2D eigenvalue weighted by Gasteiger charge is 2.43. The zero-order chi connectivity index (χ0) is 15.8. The molecule has 2 N–H and O–H groups in total. The molecule has 0 radical (unpaired) electrons. The number of nitrogens with two attached hydrogens (primary N) is 1. The summed E-state index contributed by atoms with van der Waals surface area (Å²) in [4.78, 5) is 0.0241. The molecule has 0 amide bonds. The van der Waals surface area contributed by atoms with Gasteiger partial charge in [0.05, 0.1) is 10.8 Å². The number of alkyl halides is 3. The standard InChI is InChI=1S/C13H17F3N2O2S/c1-9-2-3-11(8-12(9)17)21(19,20)18-6-4-10(5-7-18)13(14,15)16/h2-3,8,10H,4-7,17H2,1H3. The predicted octanol–water partition coefficient (Wildman–Crippen LogP) is 2.54. The van der Waals surface area contributed by atoms with Gasteiger partial charge in [-0.25, -0.2) is 8.42 Å². The Hall–Kier alpha value is -1.28. The third-order valence-corrected chi connectivity index (χ3v) is 5.70. The minimum absolute atomic E-state index is 0.0241. The quantitative estimate of drug-likeness (QED) is 0.851. The number of sulfonamides is 1. The van der Waals surface area contributed by atoms with Crippen LogP contribution in [-0.2, 0) is 10.0 Å². The molecule has 8 heteroatoms. The van der Waals surface area contributed by atoms with Crippen molar-refractivity contribution in [2.75, 3.05) is 18.8 Å². The predicted molar refractivity (Wildman–Crippen MR) is 73.1 cm³/mol. The number of nitrogens with zero attached hydrogens (tertiary/aromatic N) is 1. The van der Waals surface area contributed by atoms with Gasteiger partial charge in [0.1, 0.15) is 0 Å². The third-order valence-electron chi connectivity index (χ3n) is 3.81. The molecule has 1 saturated heterocycles. The van der Waals surface area contributed by atoms with Gasteiger partial charge in [-0.05, 0) is 37.5 Å². The van der Waals surface area contributed by atoms with E-state index in [9.17, 15) is 21.6 Å². The van der Waals surface area contributed by atoms with Crippen LogP contribution in [0.4, 0.5) is 18.9 Å². The second-order valence-electron chi connectivity index (χ2n) is 5.24. The number of piperidine rings is 1. The van der Waals surface area contributed by atoms with E-state index in [0.29, 0.717) is 5.69 Å². The Labute approximate surface area is 121 Å². The fourth-order valence-corrected chi connectivity index (χ4v) is 3.86. The van der Waals surface area contributed by atoms with Gasteiger partial charge in [-0.3, -0.25) is 0 Å². The first kappa shape index (κ1) is 16.1. The Bertz CT molecular complexity index is 621. The van der Waals surface area contributed by atoms with E-state index < -0.39 is 22.1 Å². The number of anilines is 1. The summed E-state index contributed by atoms with van der Waals surface area (Å²) in [5.74, 6) is -1.42. The number of nitrogen functional groups attached to an aromatic ring is 1. The van der Waals surface area contributed by atoms with E-state index in [-0.39, 0.29) is 30.8 Å². The van der Waals surface area contributed by atoms with Crippen molar-refractivity contribution in [1.29, 1.82) is 0 Å². The van der Waals surface area contributed by atoms with Crippen molar-refractivity contribution in [3.63, 3.8) is 0 Å². The van der Waals surface area contributed by atoms with Gasteiger partial charge in [0, 0.05) is 18.8 Å². The Morgan fingerprint density at radius 1 is 1.24 bits per heavy atom. The van der Waals surface area contributed by atoms with Crippen molar-refractivity contribution in [3.05, 3.63) is 23.8 Å². The number of halogens is 3. The maximum absolute atomic E-state index is 12.6. The number of aryl methyl sites for hydroxylation is 1. The number of hydrogen-bond acceptors (Lipinski definition) is 3. The van der Waals surface area contributed by atoms with Crippen LogP contribution in [0, 0.1) is 12.8 Å². The van der Waals surface area contributed by atoms with E-state index >= 15 is 0 Å². The van der Waals surface area contributed by atoms with E-state index in [4.69, 9.17) is 5.73 Å². The fraction of sp³-hybridized carbons (Fsp3) is 0.538. The van der Waals surface area contributed by atoms with Gasteiger partial charge in [0.15, 0.2) is 0 Å². The van der Waals surface area contributed by atoms with Crippen molar-refractivity contribution >= 4 is 15.7 Å². The Kier molecular flexibility index (Phi) is 4.21. The summed E-state index contributed by atoms with van der Waals surface area (Å²) in [5.41, 5.74) is 6.80. The average molecular weight is 322 g/mol. The molecule has 1 heterocycles. The monoisotopic (exact) mass is 322 g/mol. The summed E-state index contributed by atoms with van der Waals surface area (Å²) in [7, 11) is -3.78. The lowest BCUT2D eigenvalue weighted by Gasteiger charge is -2.32. The van der Waals surface area contributed by atoms with Crippen LogP contribution in [0.5, 0.6) is 0 Å². The lowest BCUT2D eigenvalue weighted by atomic mass is 9.98. The first-order valence-electron chi connectivity index (χ1n) is 6.55. The Morgan fingerprint density at radius 3 is 2.29 bits per heavy atom. The summed E-state index contributed by atoms with van der Waals surface area (Å²) in [6.07, 6.45) is -4.67. The van der Waals surface area contributed by atoms with Gasteiger partial charge in [0.2, 0.25) is 10.0 Å². The second kappa shape index (κ2) is 5.49. The van der Waals surface area contributed by atoms with Crippen LogP contribution in [-0.4, -0.2) is 32.0 Å². The van der Waals surface area contributed by atoms with Crippen molar-refractivity contribution < 1.29 is 21.6 Å². The molecule has 0 unspecified atom stereocenters. The highest BCUT2D eigenvalue weighted by Crippen LogP contribution is 2.35. The molecule has 0 saturated carbocycles. The molecule has 1 aliphatic heterocycles. The molecule has 1 fully saturated rings. The molecule has 0 aliphatic carbocycles. The van der Waals surface area contributed by atoms with E-state index in [1.54, 1.807) is 13.0 Å². The van der Waals surface area contributed by atoms with Crippen LogP contribution < -0.4 is 5.73 Å². The van der Waals surface area contributed by atoms with Crippen molar-refractivity contribution in [1.82, 2.24) is 4.31 Å². The minimum atomic E-state index is -4.26. The molecular weight excluding hydrogens is 305 g/mol. The maximum atomic E-state index is 12.6. The second-order valence-corrected chi connectivity index (χ2v) is 7.18. The van der Waals surface area contributed by atoms with Crippen LogP contribution in [0.1, 0.15) is 18.4 Å². The molecule has 0 atom stereocenters. The fourth-order valence-electron chi connectivity index (χ4n) is 2.35. The molecule has 1 aromatic rings. The van der Waals surface area contributed by atoms with E-state index in [1.807, 2.05) is 0 Å². The average Bonchev–Trinajstić information content (AvgIpc) is 2.41. The van der Waals surface area contributed by atoms with Crippen LogP contribution >= 0.6 is 0 Å². The number of rotatable bonds is 2. The summed E-state index contributed by atoms with van der Waals surface area (Å²) in [6.45, 7) is 1.50. The minimum Gasteiger partial charge on any atom is -0.398 e. The zero-order valence-corrected chi connectivity index (χ0v) is 12.3. The van der Waals surface area contributed by atoms with E-state index in [1.165, 1.54) is 12.1 Å². The smallest absolute Gasteiger partial charge is 0.391 e. The molecule has 1 aromatic carbocycles. The van der Waals surface area contributed by atoms with Gasteiger partial charge in [-0.2, -0.15) is 17.5 Å². The number of benzene rings is 1. The highest BCUT2D eigenvalue weighted by atomic mass is 32.2. The number of hydrogen-bond donors (Lipinski definition) is 1. The van der Waals surface area contributed by atoms with Crippen molar-refractivity contribution in [2.45, 2.75) is 30.8 Å². The summed E-state index contributed by atoms with van der Waals surface area (Å²) in [5, 5.41) is 0. The summed E-state index contributed by atoms with van der Waals surface area (Å²) >= 11 is 0. The molecule has 0 spiro atoms. The van der Waals surface area contributed by atoms with Gasteiger partial charge in [-0.1, -0.05) is 6.07 Å². The summed E-state index contributed by atoms with van der Waals surface area (Å²) in [6, 6.07) is 4.36. The van der Waals surface area contributed by atoms with Crippen LogP contribution in [0.25, 0.3) is 0 Å². The largest absolute Gasteiger partial charge is 0.398 e. The molecule has 0 bridgehead atoms. The molecule has 21 heavy (non-hydrogen) atoms. The molecule has 118 valence electrons. The molecule has 1 aliphatic rings. The molecule has 0 aromatic heterocycles.